The van der Waals surface area contributed by atoms with E-state index in [9.17, 15) is 4.79 Å². The molecule has 0 amide bonds. The average Bonchev–Trinajstić information content (AvgIpc) is 2.88. The van der Waals surface area contributed by atoms with E-state index < -0.39 is 5.97 Å². The Labute approximate surface area is 117 Å². The zero-order valence-electron chi connectivity index (χ0n) is 9.86. The summed E-state index contributed by atoms with van der Waals surface area (Å²) in [6.07, 6.45) is 0. The number of nitrogens with one attached hydrogen (secondary N) is 1. The van der Waals surface area contributed by atoms with Gasteiger partial charge in [0.1, 0.15) is 0 Å². The second-order valence-electron chi connectivity index (χ2n) is 3.87. The van der Waals surface area contributed by atoms with E-state index in [1.807, 2.05) is 0 Å². The molecule has 0 unspecified atom stereocenters. The quantitative estimate of drug-likeness (QED) is 0.755. The monoisotopic (exact) mass is 290 g/mol. The topological polar surface area (TPSA) is 105 Å². The summed E-state index contributed by atoms with van der Waals surface area (Å²) in [4.78, 5) is 11.0. The molecule has 2 heterocycles. The zero-order valence-corrected chi connectivity index (χ0v) is 10.6. The van der Waals surface area contributed by atoms with Gasteiger partial charge in [-0.25, -0.2) is 4.79 Å². The third kappa shape index (κ3) is 2.24. The van der Waals surface area contributed by atoms with Crippen LogP contribution in [-0.2, 0) is 0 Å². The molecule has 100 valence electrons. The van der Waals surface area contributed by atoms with Crippen LogP contribution in [0.15, 0.2) is 30.3 Å². The van der Waals surface area contributed by atoms with Crippen molar-refractivity contribution in [1.82, 2.24) is 25.3 Å². The lowest BCUT2D eigenvalue weighted by Gasteiger charge is -2.07. The fraction of sp³-hybridized carbons (Fsp3) is 0. The third-order valence-electron chi connectivity index (χ3n) is 2.54. The summed E-state index contributed by atoms with van der Waals surface area (Å²) in [6.45, 7) is 0. The normalized spacial score (nSPS) is 10.7. The fourth-order valence-electron chi connectivity index (χ4n) is 1.63. The summed E-state index contributed by atoms with van der Waals surface area (Å²) >= 11 is 5.80. The standard InChI is InChI=1S/C11H7ClN6O2/c12-8-2-1-6(5-7(8)11(19)20)13-9-3-4-10-14-16-17-18(10)15-9/h1-5H,(H,13,15)(H,19,20). The van der Waals surface area contributed by atoms with Gasteiger partial charge in [0.2, 0.25) is 0 Å². The molecule has 0 saturated heterocycles. The van der Waals surface area contributed by atoms with E-state index in [1.165, 1.54) is 16.8 Å². The Morgan fingerprint density at radius 3 is 2.95 bits per heavy atom. The predicted octanol–water partition coefficient (Wildman–Crippen LogP) is 1.61. The van der Waals surface area contributed by atoms with Gasteiger partial charge in [-0.2, -0.15) is 0 Å². The molecule has 1 aromatic carbocycles. The third-order valence-corrected chi connectivity index (χ3v) is 2.87. The van der Waals surface area contributed by atoms with Crippen molar-refractivity contribution in [3.05, 3.63) is 40.9 Å². The zero-order chi connectivity index (χ0) is 14.1. The molecule has 3 aromatic rings. The van der Waals surface area contributed by atoms with Crippen molar-refractivity contribution in [3.63, 3.8) is 0 Å². The van der Waals surface area contributed by atoms with Crippen LogP contribution in [0.25, 0.3) is 5.65 Å². The molecular weight excluding hydrogens is 284 g/mol. The number of aromatic nitrogens is 5. The van der Waals surface area contributed by atoms with Crippen molar-refractivity contribution in [2.75, 3.05) is 5.32 Å². The number of nitrogens with zero attached hydrogens (tertiary/aromatic N) is 5. The Bertz CT molecular complexity index is 802. The van der Waals surface area contributed by atoms with Crippen LogP contribution in [0.3, 0.4) is 0 Å². The molecule has 0 fully saturated rings. The lowest BCUT2D eigenvalue weighted by Crippen LogP contribution is -2.02. The molecule has 3 rings (SSSR count). The Balaban J connectivity index is 1.94. The number of carboxylic acids is 1. The van der Waals surface area contributed by atoms with E-state index in [4.69, 9.17) is 16.7 Å². The van der Waals surface area contributed by atoms with Crippen LogP contribution in [0.5, 0.6) is 0 Å². The lowest BCUT2D eigenvalue weighted by atomic mass is 10.2. The number of tetrazole rings is 1. The number of carbonyl (C=O) groups is 1. The Kier molecular flexibility index (Phi) is 2.92. The molecule has 0 spiro atoms. The Morgan fingerprint density at radius 2 is 2.15 bits per heavy atom. The van der Waals surface area contributed by atoms with E-state index in [-0.39, 0.29) is 10.6 Å². The first-order chi connectivity index (χ1) is 9.63. The van der Waals surface area contributed by atoms with Gasteiger partial charge in [0.25, 0.3) is 0 Å². The molecule has 0 bridgehead atoms. The SMILES string of the molecule is O=C(O)c1cc(Nc2ccc3nnnn3n2)ccc1Cl. The van der Waals surface area contributed by atoms with Crippen molar-refractivity contribution >= 4 is 34.7 Å². The van der Waals surface area contributed by atoms with E-state index >= 15 is 0 Å². The van der Waals surface area contributed by atoms with E-state index in [0.29, 0.717) is 17.2 Å². The van der Waals surface area contributed by atoms with Crippen molar-refractivity contribution in [1.29, 1.82) is 0 Å². The molecule has 0 aliphatic rings. The van der Waals surface area contributed by atoms with Gasteiger partial charge in [-0.3, -0.25) is 0 Å². The predicted molar refractivity (Wildman–Crippen MR) is 70.3 cm³/mol. The van der Waals surface area contributed by atoms with Crippen LogP contribution in [0.1, 0.15) is 10.4 Å². The van der Waals surface area contributed by atoms with Gasteiger partial charge in [-0.1, -0.05) is 11.6 Å². The fourth-order valence-corrected chi connectivity index (χ4v) is 1.83. The summed E-state index contributed by atoms with van der Waals surface area (Å²) in [7, 11) is 0. The molecule has 8 nitrogen and oxygen atoms in total. The molecule has 0 aliphatic carbocycles. The molecule has 0 saturated carbocycles. The number of anilines is 2. The maximum absolute atomic E-state index is 11.0. The van der Waals surface area contributed by atoms with Crippen LogP contribution in [0.4, 0.5) is 11.5 Å². The summed E-state index contributed by atoms with van der Waals surface area (Å²) in [5, 5.41) is 27.1. The number of benzene rings is 1. The average molecular weight is 291 g/mol. The van der Waals surface area contributed by atoms with Gasteiger partial charge < -0.3 is 10.4 Å². The molecule has 9 heteroatoms. The van der Waals surface area contributed by atoms with E-state index in [1.54, 1.807) is 18.2 Å². The number of aromatic carboxylic acids is 1. The number of rotatable bonds is 3. The van der Waals surface area contributed by atoms with Gasteiger partial charge in [0, 0.05) is 5.69 Å². The molecule has 0 aliphatic heterocycles. The second-order valence-corrected chi connectivity index (χ2v) is 4.28. The van der Waals surface area contributed by atoms with Gasteiger partial charge in [0.15, 0.2) is 11.5 Å². The smallest absolute Gasteiger partial charge is 0.337 e. The second kappa shape index (κ2) is 4.74. The number of fused-ring (bicyclic) bond motifs is 1. The van der Waals surface area contributed by atoms with E-state index in [2.05, 4.69) is 25.9 Å². The number of halogens is 1. The van der Waals surface area contributed by atoms with Crippen LogP contribution < -0.4 is 5.32 Å². The van der Waals surface area contributed by atoms with Crippen LogP contribution in [0.2, 0.25) is 5.02 Å². The maximum atomic E-state index is 11.0. The summed E-state index contributed by atoms with van der Waals surface area (Å²) in [5.41, 5.74) is 1.07. The Morgan fingerprint density at radius 1 is 1.30 bits per heavy atom. The number of carboxylic acid groups (broad SMARTS) is 1. The molecule has 0 atom stereocenters. The first kappa shape index (κ1) is 12.3. The van der Waals surface area contributed by atoms with Gasteiger partial charge in [-0.05, 0) is 40.8 Å². The van der Waals surface area contributed by atoms with Crippen molar-refractivity contribution in [2.45, 2.75) is 0 Å². The van der Waals surface area contributed by atoms with Crippen LogP contribution in [0, 0.1) is 0 Å². The van der Waals surface area contributed by atoms with Crippen LogP contribution in [-0.4, -0.2) is 36.3 Å². The minimum Gasteiger partial charge on any atom is -0.478 e. The van der Waals surface area contributed by atoms with E-state index in [0.717, 1.165) is 0 Å². The molecule has 2 N–H and O–H groups in total. The van der Waals surface area contributed by atoms with Crippen molar-refractivity contribution < 1.29 is 9.90 Å². The van der Waals surface area contributed by atoms with Crippen LogP contribution >= 0.6 is 11.6 Å². The van der Waals surface area contributed by atoms with Crippen molar-refractivity contribution in [2.24, 2.45) is 0 Å². The summed E-state index contributed by atoms with van der Waals surface area (Å²) in [5.74, 6) is -0.619. The molecular formula is C11H7ClN6O2. The molecule has 20 heavy (non-hydrogen) atoms. The highest BCUT2D eigenvalue weighted by molar-refractivity contribution is 6.33. The lowest BCUT2D eigenvalue weighted by molar-refractivity contribution is 0.0697. The van der Waals surface area contributed by atoms with Gasteiger partial charge >= 0.3 is 5.97 Å². The number of hydrogen-bond acceptors (Lipinski definition) is 6. The highest BCUT2D eigenvalue weighted by Crippen LogP contribution is 2.22. The Hall–Kier alpha value is -2.74. The highest BCUT2D eigenvalue weighted by atomic mass is 35.5. The highest BCUT2D eigenvalue weighted by Gasteiger charge is 2.10. The first-order valence-electron chi connectivity index (χ1n) is 5.49. The minimum absolute atomic E-state index is 0.0140. The van der Waals surface area contributed by atoms with Gasteiger partial charge in [0.05, 0.1) is 10.6 Å². The summed E-state index contributed by atoms with van der Waals surface area (Å²) < 4.78 is 1.26. The van der Waals surface area contributed by atoms with Crippen molar-refractivity contribution in [3.8, 4) is 0 Å². The summed E-state index contributed by atoms with van der Waals surface area (Å²) in [6, 6.07) is 7.95. The molecule has 0 radical (unpaired) electrons. The minimum atomic E-state index is -1.09. The number of hydrogen-bond donors (Lipinski definition) is 2. The largest absolute Gasteiger partial charge is 0.478 e. The maximum Gasteiger partial charge on any atom is 0.337 e. The molecule has 2 aromatic heterocycles. The van der Waals surface area contributed by atoms with Gasteiger partial charge in [-0.15, -0.1) is 14.8 Å². The first-order valence-corrected chi connectivity index (χ1v) is 5.86.